The van der Waals surface area contributed by atoms with E-state index in [9.17, 15) is 14.4 Å². The molecule has 0 radical (unpaired) electrons. The van der Waals surface area contributed by atoms with Crippen molar-refractivity contribution in [1.82, 2.24) is 9.88 Å². The highest BCUT2D eigenvalue weighted by Gasteiger charge is 2.37. The first-order chi connectivity index (χ1) is 16.8. The molecule has 2 aromatic carbocycles. The van der Waals surface area contributed by atoms with Gasteiger partial charge in [-0.2, -0.15) is 0 Å². The molecule has 7 heteroatoms. The van der Waals surface area contributed by atoms with E-state index in [2.05, 4.69) is 35.9 Å². The van der Waals surface area contributed by atoms with Gasteiger partial charge in [0.05, 0.1) is 18.0 Å². The second kappa shape index (κ2) is 9.62. The standard InChI is InChI=1S/C28H29N3O4/c1-6-20-11-8-10-17(3)25(20)30-18(4)14-21(19(30)5)15-24-26(32)29-28(34)31(27(24)33)22-12-9-13-23(16-22)35-7-2/h8-16H,6-7H2,1-5H3,(H,29,32,34)/b24-15+. The molecule has 2 heterocycles. The molecule has 0 aliphatic carbocycles. The number of aromatic nitrogens is 1. The number of nitrogens with zero attached hydrogens (tertiary/aromatic N) is 2. The van der Waals surface area contributed by atoms with Gasteiger partial charge in [-0.25, -0.2) is 9.69 Å². The number of nitrogens with one attached hydrogen (secondary N) is 1. The Morgan fingerprint density at radius 1 is 0.971 bits per heavy atom. The largest absolute Gasteiger partial charge is 0.494 e. The molecule has 4 amide bonds. The van der Waals surface area contributed by atoms with E-state index in [0.717, 1.165) is 39.5 Å². The van der Waals surface area contributed by atoms with Gasteiger partial charge < -0.3 is 9.30 Å². The molecule has 1 N–H and O–H groups in total. The van der Waals surface area contributed by atoms with Crippen molar-refractivity contribution in [1.29, 1.82) is 0 Å². The van der Waals surface area contributed by atoms with E-state index in [4.69, 9.17) is 4.74 Å². The van der Waals surface area contributed by atoms with Gasteiger partial charge in [-0.3, -0.25) is 14.9 Å². The van der Waals surface area contributed by atoms with Crippen molar-refractivity contribution in [2.75, 3.05) is 11.5 Å². The van der Waals surface area contributed by atoms with Crippen LogP contribution in [-0.2, 0) is 16.0 Å². The molecule has 7 nitrogen and oxygen atoms in total. The zero-order valence-corrected chi connectivity index (χ0v) is 20.6. The number of ether oxygens (including phenoxy) is 1. The molecule has 0 saturated carbocycles. The number of hydrogen-bond donors (Lipinski definition) is 1. The number of imide groups is 2. The lowest BCUT2D eigenvalue weighted by Gasteiger charge is -2.26. The number of benzene rings is 2. The minimum atomic E-state index is -0.788. The number of hydrogen-bond acceptors (Lipinski definition) is 4. The number of aryl methyl sites for hydroxylation is 3. The molecule has 0 unspecified atom stereocenters. The number of amides is 4. The van der Waals surface area contributed by atoms with Gasteiger partial charge in [0.25, 0.3) is 11.8 Å². The fraction of sp³-hybridized carbons (Fsp3) is 0.250. The zero-order valence-electron chi connectivity index (χ0n) is 20.6. The van der Waals surface area contributed by atoms with E-state index in [-0.39, 0.29) is 5.57 Å². The van der Waals surface area contributed by atoms with Gasteiger partial charge in [-0.1, -0.05) is 31.2 Å². The quantitative estimate of drug-likeness (QED) is 0.404. The number of carbonyl (C=O) groups is 3. The Bertz CT molecular complexity index is 1370. The van der Waals surface area contributed by atoms with E-state index < -0.39 is 17.8 Å². The smallest absolute Gasteiger partial charge is 0.335 e. The second-order valence-corrected chi connectivity index (χ2v) is 8.49. The number of urea groups is 1. The predicted molar refractivity (Wildman–Crippen MR) is 136 cm³/mol. The summed E-state index contributed by atoms with van der Waals surface area (Å²) in [5.41, 5.74) is 6.32. The number of carbonyl (C=O) groups excluding carboxylic acids is 3. The summed E-state index contributed by atoms with van der Waals surface area (Å²) in [6, 6.07) is 14.1. The Hall–Kier alpha value is -4.13. The normalized spacial score (nSPS) is 15.1. The van der Waals surface area contributed by atoms with E-state index in [1.807, 2.05) is 32.9 Å². The lowest BCUT2D eigenvalue weighted by atomic mass is 10.0. The molecular weight excluding hydrogens is 442 g/mol. The fourth-order valence-corrected chi connectivity index (χ4v) is 4.53. The monoisotopic (exact) mass is 471 g/mol. The molecule has 1 saturated heterocycles. The molecule has 0 atom stereocenters. The third-order valence-corrected chi connectivity index (χ3v) is 6.18. The molecule has 1 aliphatic rings. The Kier molecular flexibility index (Phi) is 6.60. The van der Waals surface area contributed by atoms with Crippen LogP contribution in [0.5, 0.6) is 5.75 Å². The summed E-state index contributed by atoms with van der Waals surface area (Å²) in [5.74, 6) is -0.865. The van der Waals surface area contributed by atoms with Crippen molar-refractivity contribution < 1.29 is 19.1 Å². The summed E-state index contributed by atoms with van der Waals surface area (Å²) in [6.07, 6.45) is 2.44. The van der Waals surface area contributed by atoms with E-state index in [1.54, 1.807) is 30.3 Å². The van der Waals surface area contributed by atoms with Crippen LogP contribution in [0.1, 0.15) is 41.9 Å². The van der Waals surface area contributed by atoms with Crippen molar-refractivity contribution in [3.63, 3.8) is 0 Å². The van der Waals surface area contributed by atoms with Gasteiger partial charge in [0.2, 0.25) is 0 Å². The van der Waals surface area contributed by atoms with Crippen molar-refractivity contribution in [2.45, 2.75) is 41.0 Å². The summed E-state index contributed by atoms with van der Waals surface area (Å²) in [5, 5.41) is 2.29. The Morgan fingerprint density at radius 2 is 1.71 bits per heavy atom. The predicted octanol–water partition coefficient (Wildman–Crippen LogP) is 5.03. The molecule has 180 valence electrons. The number of anilines is 1. The fourth-order valence-electron chi connectivity index (χ4n) is 4.53. The lowest BCUT2D eigenvalue weighted by molar-refractivity contribution is -0.122. The molecule has 3 aromatic rings. The Balaban J connectivity index is 1.78. The maximum Gasteiger partial charge on any atom is 0.335 e. The zero-order chi connectivity index (χ0) is 25.3. The van der Waals surface area contributed by atoms with Gasteiger partial charge in [0, 0.05) is 17.5 Å². The summed E-state index contributed by atoms with van der Waals surface area (Å²) in [6.45, 7) is 10.4. The van der Waals surface area contributed by atoms with Crippen LogP contribution in [0.25, 0.3) is 11.8 Å². The van der Waals surface area contributed by atoms with Crippen LogP contribution < -0.4 is 15.0 Å². The summed E-state index contributed by atoms with van der Waals surface area (Å²) in [7, 11) is 0. The van der Waals surface area contributed by atoms with Crippen molar-refractivity contribution in [3.8, 4) is 11.4 Å². The van der Waals surface area contributed by atoms with Crippen LogP contribution in [0.4, 0.5) is 10.5 Å². The summed E-state index contributed by atoms with van der Waals surface area (Å²) in [4.78, 5) is 39.7. The molecule has 0 bridgehead atoms. The van der Waals surface area contributed by atoms with Crippen LogP contribution in [0.15, 0.2) is 54.1 Å². The summed E-state index contributed by atoms with van der Waals surface area (Å²) >= 11 is 0. The molecule has 1 fully saturated rings. The molecule has 4 rings (SSSR count). The molecule has 0 spiro atoms. The van der Waals surface area contributed by atoms with Crippen molar-refractivity contribution >= 4 is 29.6 Å². The van der Waals surface area contributed by atoms with Crippen molar-refractivity contribution in [3.05, 3.63) is 82.2 Å². The lowest BCUT2D eigenvalue weighted by Crippen LogP contribution is -2.54. The number of rotatable bonds is 6. The second-order valence-electron chi connectivity index (χ2n) is 8.49. The first kappa shape index (κ1) is 24.0. The molecule has 1 aliphatic heterocycles. The first-order valence-corrected chi connectivity index (χ1v) is 11.7. The highest BCUT2D eigenvalue weighted by Crippen LogP contribution is 2.30. The van der Waals surface area contributed by atoms with Crippen LogP contribution in [0.3, 0.4) is 0 Å². The summed E-state index contributed by atoms with van der Waals surface area (Å²) < 4.78 is 7.65. The highest BCUT2D eigenvalue weighted by atomic mass is 16.5. The van der Waals surface area contributed by atoms with Crippen LogP contribution in [0, 0.1) is 20.8 Å². The van der Waals surface area contributed by atoms with Crippen molar-refractivity contribution in [2.24, 2.45) is 0 Å². The molecule has 35 heavy (non-hydrogen) atoms. The van der Waals surface area contributed by atoms with Gasteiger partial charge in [0.1, 0.15) is 11.3 Å². The SMILES string of the molecule is CCOc1cccc(N2C(=O)NC(=O)/C(=C\c3cc(C)n(-c4c(C)cccc4CC)c3C)C2=O)c1. The van der Waals surface area contributed by atoms with E-state index in [0.29, 0.717) is 18.0 Å². The topological polar surface area (TPSA) is 80.6 Å². The third kappa shape index (κ3) is 4.37. The third-order valence-electron chi connectivity index (χ3n) is 6.18. The van der Waals surface area contributed by atoms with Gasteiger partial charge in [-0.05, 0) is 75.1 Å². The Morgan fingerprint density at radius 3 is 2.43 bits per heavy atom. The maximum atomic E-state index is 13.4. The van der Waals surface area contributed by atoms with Gasteiger partial charge >= 0.3 is 6.03 Å². The number of para-hydroxylation sites is 1. The maximum absolute atomic E-state index is 13.4. The minimum Gasteiger partial charge on any atom is -0.494 e. The van der Waals surface area contributed by atoms with Gasteiger partial charge in [-0.15, -0.1) is 0 Å². The first-order valence-electron chi connectivity index (χ1n) is 11.7. The van der Waals surface area contributed by atoms with E-state index >= 15 is 0 Å². The minimum absolute atomic E-state index is 0.104. The highest BCUT2D eigenvalue weighted by molar-refractivity contribution is 6.39. The van der Waals surface area contributed by atoms with E-state index in [1.165, 1.54) is 5.56 Å². The Labute approximate surface area is 205 Å². The number of barbiturate groups is 1. The molecular formula is C28H29N3O4. The van der Waals surface area contributed by atoms with Crippen LogP contribution in [-0.4, -0.2) is 29.0 Å². The molecule has 1 aromatic heterocycles. The van der Waals surface area contributed by atoms with Crippen LogP contribution >= 0.6 is 0 Å². The average molecular weight is 472 g/mol. The average Bonchev–Trinajstić information content (AvgIpc) is 3.09. The van der Waals surface area contributed by atoms with Gasteiger partial charge in [0.15, 0.2) is 0 Å². The van der Waals surface area contributed by atoms with Crippen LogP contribution in [0.2, 0.25) is 0 Å².